The largest absolute Gasteiger partial charge is 0.383 e. The highest BCUT2D eigenvalue weighted by Gasteiger charge is 2.19. The summed E-state index contributed by atoms with van der Waals surface area (Å²) in [6, 6.07) is 7.75. The number of anilines is 3. The molecule has 0 saturated carbocycles. The number of piperazine rings is 1. The molecule has 0 atom stereocenters. The Morgan fingerprint density at radius 1 is 1.03 bits per heavy atom. The number of hydrogen-bond donors (Lipinski definition) is 3. The van der Waals surface area contributed by atoms with Crippen LogP contribution in [0.3, 0.4) is 0 Å². The third kappa shape index (κ3) is 6.45. The van der Waals surface area contributed by atoms with Gasteiger partial charge in [0.1, 0.15) is 11.4 Å². The number of benzene rings is 1. The van der Waals surface area contributed by atoms with Crippen molar-refractivity contribution < 1.29 is 9.90 Å². The van der Waals surface area contributed by atoms with Gasteiger partial charge >= 0.3 is 0 Å². The van der Waals surface area contributed by atoms with Crippen molar-refractivity contribution in [2.45, 2.75) is 33.3 Å². The number of amides is 1. The highest BCUT2D eigenvalue weighted by Crippen LogP contribution is 2.32. The summed E-state index contributed by atoms with van der Waals surface area (Å²) in [4.78, 5) is 26.4. The zero-order valence-corrected chi connectivity index (χ0v) is 22.1. The molecule has 2 aromatic heterocycles. The number of nitrogens with zero attached hydrogens (tertiary/aromatic N) is 4. The van der Waals surface area contributed by atoms with Gasteiger partial charge in [-0.2, -0.15) is 0 Å². The van der Waals surface area contributed by atoms with Crippen LogP contribution in [0.25, 0.3) is 11.1 Å². The standard InChI is InChI=1S/C29H34N6O2/c1-19-12-22(13-20(2)26(19)35-10-8-34(5)9-11-35)23-15-25(27(30)32-17-23)28(36)33-24-14-21(16-31-18-24)6-7-29(3,4)37/h12-18,37H,8-11H2,1-5H3,(H2,30,32)(H,33,36). The topological polar surface area (TPSA) is 108 Å². The van der Waals surface area contributed by atoms with Crippen LogP contribution in [-0.4, -0.2) is 64.7 Å². The molecule has 4 N–H and O–H groups in total. The molecule has 8 heteroatoms. The summed E-state index contributed by atoms with van der Waals surface area (Å²) < 4.78 is 0. The number of aromatic nitrogens is 2. The van der Waals surface area contributed by atoms with Crippen LogP contribution in [0.5, 0.6) is 0 Å². The number of nitrogens with one attached hydrogen (secondary N) is 1. The molecule has 0 bridgehead atoms. The van der Waals surface area contributed by atoms with E-state index in [0.717, 1.165) is 37.3 Å². The molecule has 0 radical (unpaired) electrons. The molecule has 0 unspecified atom stereocenters. The van der Waals surface area contributed by atoms with E-state index >= 15 is 0 Å². The van der Waals surface area contributed by atoms with Crippen molar-refractivity contribution in [2.75, 3.05) is 49.2 Å². The minimum Gasteiger partial charge on any atom is -0.383 e. The van der Waals surface area contributed by atoms with E-state index in [2.05, 4.69) is 70.0 Å². The van der Waals surface area contributed by atoms with Crippen molar-refractivity contribution in [1.82, 2.24) is 14.9 Å². The van der Waals surface area contributed by atoms with Gasteiger partial charge in [0.05, 0.1) is 17.4 Å². The maximum atomic E-state index is 13.1. The molecule has 1 aliphatic rings. The lowest BCUT2D eigenvalue weighted by Gasteiger charge is -2.36. The molecule has 0 spiro atoms. The summed E-state index contributed by atoms with van der Waals surface area (Å²) in [6.07, 6.45) is 4.80. The highest BCUT2D eigenvalue weighted by atomic mass is 16.3. The number of carbonyl (C=O) groups excluding carboxylic acids is 1. The maximum absolute atomic E-state index is 13.1. The van der Waals surface area contributed by atoms with Gasteiger partial charge in [0.15, 0.2) is 0 Å². The van der Waals surface area contributed by atoms with Crippen LogP contribution in [0.15, 0.2) is 42.9 Å². The van der Waals surface area contributed by atoms with Crippen LogP contribution < -0.4 is 16.0 Å². The van der Waals surface area contributed by atoms with E-state index in [4.69, 9.17) is 5.73 Å². The Kier molecular flexibility index (Phi) is 7.48. The predicted octanol–water partition coefficient (Wildman–Crippen LogP) is 3.47. The molecule has 3 heterocycles. The molecule has 1 fully saturated rings. The van der Waals surface area contributed by atoms with Gasteiger partial charge in [-0.25, -0.2) is 4.98 Å². The lowest BCUT2D eigenvalue weighted by molar-refractivity contribution is 0.102. The van der Waals surface area contributed by atoms with Crippen molar-refractivity contribution in [1.29, 1.82) is 0 Å². The number of likely N-dealkylation sites (N-methyl/N-ethyl adjacent to an activating group) is 1. The Morgan fingerprint density at radius 2 is 1.70 bits per heavy atom. The van der Waals surface area contributed by atoms with Crippen LogP contribution in [0.4, 0.5) is 17.2 Å². The van der Waals surface area contributed by atoms with Crippen LogP contribution in [0, 0.1) is 25.7 Å². The number of pyridine rings is 2. The van der Waals surface area contributed by atoms with E-state index in [1.165, 1.54) is 23.0 Å². The highest BCUT2D eigenvalue weighted by molar-refractivity contribution is 6.07. The maximum Gasteiger partial charge on any atom is 0.259 e. The molecule has 1 saturated heterocycles. The molecule has 1 aliphatic heterocycles. The minimum atomic E-state index is -1.13. The summed E-state index contributed by atoms with van der Waals surface area (Å²) in [5, 5.41) is 12.7. The summed E-state index contributed by atoms with van der Waals surface area (Å²) in [6.45, 7) is 11.6. The monoisotopic (exact) mass is 498 g/mol. The summed E-state index contributed by atoms with van der Waals surface area (Å²) in [5.41, 5.74) is 11.8. The Hall–Kier alpha value is -3.93. The number of nitrogen functional groups attached to an aromatic ring is 1. The van der Waals surface area contributed by atoms with E-state index in [9.17, 15) is 9.90 Å². The molecule has 3 aromatic rings. The normalized spacial score (nSPS) is 14.2. The average molecular weight is 499 g/mol. The fourth-order valence-electron chi connectivity index (χ4n) is 4.47. The van der Waals surface area contributed by atoms with E-state index in [1.807, 2.05) is 0 Å². The van der Waals surface area contributed by atoms with Gasteiger partial charge in [-0.1, -0.05) is 11.8 Å². The molecule has 4 rings (SSSR count). The molecule has 8 nitrogen and oxygen atoms in total. The lowest BCUT2D eigenvalue weighted by Crippen LogP contribution is -2.45. The molecule has 1 amide bonds. The number of carbonyl (C=O) groups is 1. The average Bonchev–Trinajstić information content (AvgIpc) is 2.83. The van der Waals surface area contributed by atoms with Gasteiger partial charge in [-0.05, 0) is 75.7 Å². The first-order valence-corrected chi connectivity index (χ1v) is 12.3. The van der Waals surface area contributed by atoms with Crippen molar-refractivity contribution >= 4 is 23.1 Å². The molecular weight excluding hydrogens is 464 g/mol. The molecular formula is C29H34N6O2. The number of rotatable bonds is 4. The first-order chi connectivity index (χ1) is 17.5. The Morgan fingerprint density at radius 3 is 2.35 bits per heavy atom. The van der Waals surface area contributed by atoms with Crippen LogP contribution >= 0.6 is 0 Å². The van der Waals surface area contributed by atoms with Gasteiger partial charge in [0.25, 0.3) is 5.91 Å². The van der Waals surface area contributed by atoms with E-state index in [0.29, 0.717) is 11.3 Å². The lowest BCUT2D eigenvalue weighted by atomic mass is 9.97. The van der Waals surface area contributed by atoms with Crippen molar-refractivity contribution in [3.8, 4) is 23.0 Å². The summed E-state index contributed by atoms with van der Waals surface area (Å²) >= 11 is 0. The predicted molar refractivity (Wildman–Crippen MR) is 149 cm³/mol. The third-order valence-corrected chi connectivity index (χ3v) is 6.32. The smallest absolute Gasteiger partial charge is 0.259 e. The first kappa shape index (κ1) is 26.1. The fraction of sp³-hybridized carbons (Fsp3) is 0.345. The number of hydrogen-bond acceptors (Lipinski definition) is 7. The molecule has 37 heavy (non-hydrogen) atoms. The first-order valence-electron chi connectivity index (χ1n) is 12.3. The minimum absolute atomic E-state index is 0.148. The van der Waals surface area contributed by atoms with Crippen molar-refractivity contribution in [2.24, 2.45) is 0 Å². The van der Waals surface area contributed by atoms with Gasteiger partial charge in [-0.15, -0.1) is 0 Å². The van der Waals surface area contributed by atoms with Gasteiger partial charge in [0, 0.05) is 55.4 Å². The van der Waals surface area contributed by atoms with Crippen LogP contribution in [-0.2, 0) is 0 Å². The molecule has 192 valence electrons. The van der Waals surface area contributed by atoms with E-state index in [1.54, 1.807) is 38.4 Å². The Balaban J connectivity index is 1.58. The van der Waals surface area contributed by atoms with E-state index < -0.39 is 5.60 Å². The summed E-state index contributed by atoms with van der Waals surface area (Å²) in [5.74, 6) is 5.37. The Labute approximate surface area is 218 Å². The van der Waals surface area contributed by atoms with Gasteiger partial charge < -0.3 is 26.0 Å². The van der Waals surface area contributed by atoms with E-state index in [-0.39, 0.29) is 17.3 Å². The zero-order chi connectivity index (χ0) is 26.7. The second-order valence-electron chi connectivity index (χ2n) is 10.1. The zero-order valence-electron chi connectivity index (χ0n) is 22.1. The SMILES string of the molecule is Cc1cc(-c2cnc(N)c(C(=O)Nc3cncc(C#CC(C)(C)O)c3)c2)cc(C)c1N1CCN(C)CC1. The van der Waals surface area contributed by atoms with Gasteiger partial charge in [-0.3, -0.25) is 9.78 Å². The fourth-order valence-corrected chi connectivity index (χ4v) is 4.47. The molecule has 0 aliphatic carbocycles. The summed E-state index contributed by atoms with van der Waals surface area (Å²) in [7, 11) is 2.15. The quantitative estimate of drug-likeness (QED) is 0.473. The second kappa shape index (κ2) is 10.6. The Bertz CT molecular complexity index is 1350. The number of aliphatic hydroxyl groups is 1. The van der Waals surface area contributed by atoms with Gasteiger partial charge in [0.2, 0.25) is 0 Å². The van der Waals surface area contributed by atoms with Crippen molar-refractivity contribution in [3.05, 3.63) is 65.1 Å². The number of aryl methyl sites for hydroxylation is 2. The van der Waals surface area contributed by atoms with Crippen molar-refractivity contribution in [3.63, 3.8) is 0 Å². The third-order valence-electron chi connectivity index (χ3n) is 6.32. The second-order valence-corrected chi connectivity index (χ2v) is 10.1. The van der Waals surface area contributed by atoms with Crippen LogP contribution in [0.2, 0.25) is 0 Å². The number of nitrogens with two attached hydrogens (primary N) is 1. The molecule has 1 aromatic carbocycles. The van der Waals surface area contributed by atoms with Crippen LogP contribution in [0.1, 0.15) is 40.9 Å².